The number of nitrogens with zero attached hydrogens (tertiary/aromatic N) is 3. The maximum absolute atomic E-state index is 5.69. The second-order valence-electron chi connectivity index (χ2n) is 4.16. The molecule has 0 aromatic heterocycles. The second-order valence-corrected chi connectivity index (χ2v) is 4.51. The van der Waals surface area contributed by atoms with Crippen LogP contribution >= 0.6 is 12.2 Å². The van der Waals surface area contributed by atoms with Gasteiger partial charge in [-0.05, 0) is 38.2 Å². The molecule has 1 rings (SSSR count). The van der Waals surface area contributed by atoms with Crippen LogP contribution in [0.2, 0.25) is 0 Å². The normalized spacial score (nSPS) is 11.1. The van der Waals surface area contributed by atoms with Crippen LogP contribution in [0, 0.1) is 0 Å². The molecule has 0 saturated carbocycles. The van der Waals surface area contributed by atoms with Crippen LogP contribution in [-0.2, 0) is 4.74 Å². The summed E-state index contributed by atoms with van der Waals surface area (Å²) in [6, 6.07) is 10.2. The minimum absolute atomic E-state index is 0.452. The van der Waals surface area contributed by atoms with Crippen molar-refractivity contribution in [3.63, 3.8) is 0 Å². The fourth-order valence-electron chi connectivity index (χ4n) is 1.45. The van der Waals surface area contributed by atoms with Gasteiger partial charge in [-0.2, -0.15) is 4.99 Å². The van der Waals surface area contributed by atoms with Gasteiger partial charge in [0.2, 0.25) is 0 Å². The molecule has 0 unspecified atom stereocenters. The predicted octanol–water partition coefficient (Wildman–Crippen LogP) is 2.88. The molecule has 0 bridgehead atoms. The van der Waals surface area contributed by atoms with E-state index in [4.69, 9.17) is 17.0 Å². The number of hydrogen-bond acceptors (Lipinski definition) is 3. The quantitative estimate of drug-likeness (QED) is 0.483. The topological polar surface area (TPSA) is 28.1 Å². The SMILES string of the molecule is CCN(CC)C(=S)OC(=Nc1ccccc1)N(C)C. The average Bonchev–Trinajstić information content (AvgIpc) is 2.40. The van der Waals surface area contributed by atoms with E-state index < -0.39 is 0 Å². The lowest BCUT2D eigenvalue weighted by Crippen LogP contribution is -2.36. The molecule has 1 aromatic carbocycles. The van der Waals surface area contributed by atoms with Gasteiger partial charge in [0.1, 0.15) is 0 Å². The lowest BCUT2D eigenvalue weighted by atomic mass is 10.3. The number of thiocarbonyl (C=S) groups is 1. The number of hydrogen-bond donors (Lipinski definition) is 0. The van der Waals surface area contributed by atoms with Crippen molar-refractivity contribution < 1.29 is 4.74 Å². The van der Waals surface area contributed by atoms with Crippen LogP contribution in [0.15, 0.2) is 35.3 Å². The summed E-state index contributed by atoms with van der Waals surface area (Å²) in [5, 5.41) is 0.452. The van der Waals surface area contributed by atoms with Crippen LogP contribution < -0.4 is 0 Å². The average molecular weight is 279 g/mol. The summed E-state index contributed by atoms with van der Waals surface area (Å²) in [6.45, 7) is 5.73. The Morgan fingerprint density at radius 2 is 1.74 bits per heavy atom. The molecule has 0 atom stereocenters. The first-order valence-corrected chi connectivity index (χ1v) is 6.77. The van der Waals surface area contributed by atoms with Crippen molar-refractivity contribution in [1.29, 1.82) is 0 Å². The first kappa shape index (κ1) is 15.4. The van der Waals surface area contributed by atoms with E-state index in [2.05, 4.69) is 4.99 Å². The van der Waals surface area contributed by atoms with Crippen LogP contribution in [0.5, 0.6) is 0 Å². The van der Waals surface area contributed by atoms with Gasteiger partial charge in [0.25, 0.3) is 11.2 Å². The highest BCUT2D eigenvalue weighted by molar-refractivity contribution is 7.80. The van der Waals surface area contributed by atoms with Crippen LogP contribution in [0.3, 0.4) is 0 Å². The molecule has 0 N–H and O–H groups in total. The Labute approximate surface area is 120 Å². The third-order valence-corrected chi connectivity index (χ3v) is 2.91. The van der Waals surface area contributed by atoms with E-state index in [1.165, 1.54) is 0 Å². The first-order valence-electron chi connectivity index (χ1n) is 6.36. The van der Waals surface area contributed by atoms with Crippen molar-refractivity contribution in [2.45, 2.75) is 13.8 Å². The Morgan fingerprint density at radius 1 is 1.16 bits per heavy atom. The first-order chi connectivity index (χ1) is 9.08. The molecule has 5 heteroatoms. The Morgan fingerprint density at radius 3 is 2.21 bits per heavy atom. The Bertz CT molecular complexity index is 428. The fraction of sp³-hybridized carbons (Fsp3) is 0.429. The van der Waals surface area contributed by atoms with Gasteiger partial charge >= 0.3 is 0 Å². The third kappa shape index (κ3) is 4.87. The molecule has 0 radical (unpaired) electrons. The molecule has 104 valence electrons. The molecule has 19 heavy (non-hydrogen) atoms. The van der Waals surface area contributed by atoms with Gasteiger partial charge in [-0.15, -0.1) is 0 Å². The van der Waals surface area contributed by atoms with Crippen LogP contribution in [0.25, 0.3) is 0 Å². The minimum Gasteiger partial charge on any atom is -0.398 e. The van der Waals surface area contributed by atoms with Gasteiger partial charge in [0.05, 0.1) is 5.69 Å². The Hall–Kier alpha value is -1.62. The molecule has 0 fully saturated rings. The number of amidine groups is 1. The van der Waals surface area contributed by atoms with E-state index in [1.807, 2.05) is 68.1 Å². The minimum atomic E-state index is 0.452. The highest BCUT2D eigenvalue weighted by atomic mass is 32.1. The van der Waals surface area contributed by atoms with E-state index in [-0.39, 0.29) is 0 Å². The maximum Gasteiger partial charge on any atom is 0.299 e. The van der Waals surface area contributed by atoms with Gasteiger partial charge in [0, 0.05) is 27.2 Å². The maximum atomic E-state index is 5.69. The Kier molecular flexibility index (Phi) is 6.29. The smallest absolute Gasteiger partial charge is 0.299 e. The molecular formula is C14H21N3OS. The molecule has 0 spiro atoms. The van der Waals surface area contributed by atoms with E-state index in [0.29, 0.717) is 11.2 Å². The Balaban J connectivity index is 2.85. The molecule has 0 saturated heterocycles. The molecule has 0 heterocycles. The largest absolute Gasteiger partial charge is 0.398 e. The van der Waals surface area contributed by atoms with Crippen molar-refractivity contribution in [3.05, 3.63) is 30.3 Å². The molecule has 4 nitrogen and oxygen atoms in total. The fourth-order valence-corrected chi connectivity index (χ4v) is 1.78. The summed E-state index contributed by atoms with van der Waals surface area (Å²) >= 11 is 5.28. The van der Waals surface area contributed by atoms with Crippen molar-refractivity contribution >= 4 is 29.1 Å². The summed E-state index contributed by atoms with van der Waals surface area (Å²) in [4.78, 5) is 8.24. The third-order valence-electron chi connectivity index (χ3n) is 2.56. The van der Waals surface area contributed by atoms with Gasteiger partial charge in [-0.3, -0.25) is 0 Å². The highest BCUT2D eigenvalue weighted by Gasteiger charge is 2.12. The van der Waals surface area contributed by atoms with Crippen molar-refractivity contribution in [3.8, 4) is 0 Å². The van der Waals surface area contributed by atoms with Crippen LogP contribution in [0.1, 0.15) is 13.8 Å². The van der Waals surface area contributed by atoms with Crippen LogP contribution in [0.4, 0.5) is 5.69 Å². The van der Waals surface area contributed by atoms with E-state index in [9.17, 15) is 0 Å². The van der Waals surface area contributed by atoms with Crippen LogP contribution in [-0.4, -0.2) is 48.2 Å². The van der Waals surface area contributed by atoms with E-state index in [0.717, 1.165) is 18.8 Å². The summed E-state index contributed by atoms with van der Waals surface area (Å²) in [6.07, 6.45) is 0. The zero-order valence-corrected chi connectivity index (χ0v) is 12.8. The summed E-state index contributed by atoms with van der Waals surface area (Å²) in [5.41, 5.74) is 0.841. The second kappa shape index (κ2) is 7.74. The number of rotatable bonds is 3. The molecule has 0 aliphatic carbocycles. The number of para-hydroxylation sites is 1. The molecule has 1 aromatic rings. The highest BCUT2D eigenvalue weighted by Crippen LogP contribution is 2.11. The lowest BCUT2D eigenvalue weighted by molar-refractivity contribution is 0.340. The van der Waals surface area contributed by atoms with Gasteiger partial charge in [0.15, 0.2) is 0 Å². The summed E-state index contributed by atoms with van der Waals surface area (Å²) in [5.74, 6) is 0. The van der Waals surface area contributed by atoms with Gasteiger partial charge in [-0.1, -0.05) is 18.2 Å². The van der Waals surface area contributed by atoms with E-state index >= 15 is 0 Å². The van der Waals surface area contributed by atoms with Gasteiger partial charge < -0.3 is 14.5 Å². The number of benzene rings is 1. The standard InChI is InChI=1S/C14H21N3OS/c1-5-17(6-2)14(19)18-13(16(3)4)15-12-10-8-7-9-11-12/h7-11H,5-6H2,1-4H3. The number of ether oxygens (including phenoxy) is 1. The zero-order valence-electron chi connectivity index (χ0n) is 12.0. The van der Waals surface area contributed by atoms with Crippen molar-refractivity contribution in [2.75, 3.05) is 27.2 Å². The predicted molar refractivity (Wildman–Crippen MR) is 83.8 cm³/mol. The molecule has 0 aliphatic heterocycles. The molecule has 0 amide bonds. The van der Waals surface area contributed by atoms with E-state index in [1.54, 1.807) is 0 Å². The van der Waals surface area contributed by atoms with Gasteiger partial charge in [-0.25, -0.2) is 0 Å². The summed E-state index contributed by atoms with van der Waals surface area (Å²) < 4.78 is 5.69. The monoisotopic (exact) mass is 279 g/mol. The zero-order chi connectivity index (χ0) is 14.3. The van der Waals surface area contributed by atoms with Crippen molar-refractivity contribution in [1.82, 2.24) is 9.80 Å². The lowest BCUT2D eigenvalue weighted by Gasteiger charge is -2.23. The van der Waals surface area contributed by atoms with Crippen molar-refractivity contribution in [2.24, 2.45) is 4.99 Å². The molecular weight excluding hydrogens is 258 g/mol. The molecule has 0 aliphatic rings. The number of aliphatic imine (C=N–C) groups is 1. The summed E-state index contributed by atoms with van der Waals surface area (Å²) in [7, 11) is 3.76.